The summed E-state index contributed by atoms with van der Waals surface area (Å²) in [4.78, 5) is 28.5. The molecule has 2 N–H and O–H groups in total. The van der Waals surface area contributed by atoms with Crippen LogP contribution in [0.25, 0.3) is 0 Å². The number of amides is 2. The summed E-state index contributed by atoms with van der Waals surface area (Å²) < 4.78 is 0. The molecule has 1 aromatic heterocycles. The number of benzene rings is 1. The van der Waals surface area contributed by atoms with Crippen molar-refractivity contribution < 1.29 is 9.59 Å². The molecule has 0 saturated carbocycles. The highest BCUT2D eigenvalue weighted by Gasteiger charge is 2.13. The molecule has 0 bridgehead atoms. The van der Waals surface area contributed by atoms with Crippen LogP contribution in [0.2, 0.25) is 0 Å². The van der Waals surface area contributed by atoms with Crippen LogP contribution in [0.15, 0.2) is 42.5 Å². The molecule has 0 radical (unpaired) electrons. The van der Waals surface area contributed by atoms with Crippen molar-refractivity contribution in [1.29, 1.82) is 0 Å². The Bertz CT molecular complexity index is 728. The minimum absolute atomic E-state index is 0.0677. The number of nitrogens with zero attached hydrogens (tertiary/aromatic N) is 1. The number of nitrogens with one attached hydrogen (secondary N) is 2. The largest absolute Gasteiger partial charge is 0.348 e. The third-order valence-electron chi connectivity index (χ3n) is 3.74. The molecule has 0 aliphatic rings. The normalized spacial score (nSPS) is 11.6. The van der Waals surface area contributed by atoms with Gasteiger partial charge in [0.05, 0.1) is 0 Å². The monoisotopic (exact) mass is 325 g/mol. The zero-order valence-electron chi connectivity index (χ0n) is 14.3. The maximum atomic E-state index is 12.3. The van der Waals surface area contributed by atoms with E-state index in [0.29, 0.717) is 6.54 Å². The van der Waals surface area contributed by atoms with Gasteiger partial charge in [0.2, 0.25) is 0 Å². The average molecular weight is 325 g/mol. The summed E-state index contributed by atoms with van der Waals surface area (Å²) in [6.45, 7) is 6.35. The Morgan fingerprint density at radius 3 is 2.42 bits per heavy atom. The average Bonchev–Trinajstić information content (AvgIpc) is 2.59. The minimum atomic E-state index is -0.297. The summed E-state index contributed by atoms with van der Waals surface area (Å²) >= 11 is 0. The Morgan fingerprint density at radius 2 is 1.75 bits per heavy atom. The van der Waals surface area contributed by atoms with Crippen LogP contribution in [0.1, 0.15) is 52.4 Å². The first-order valence-electron chi connectivity index (χ1n) is 8.11. The molecule has 126 valence electrons. The van der Waals surface area contributed by atoms with E-state index in [9.17, 15) is 9.59 Å². The lowest BCUT2D eigenvalue weighted by Crippen LogP contribution is -2.33. The van der Waals surface area contributed by atoms with Gasteiger partial charge in [0.1, 0.15) is 11.4 Å². The van der Waals surface area contributed by atoms with E-state index >= 15 is 0 Å². The summed E-state index contributed by atoms with van der Waals surface area (Å²) in [5.74, 6) is -0.563. The van der Waals surface area contributed by atoms with Crippen LogP contribution in [-0.4, -0.2) is 22.8 Å². The maximum absolute atomic E-state index is 12.3. The molecule has 0 fully saturated rings. The number of hydrogen-bond donors (Lipinski definition) is 2. The van der Waals surface area contributed by atoms with Crippen LogP contribution in [0.4, 0.5) is 0 Å². The quantitative estimate of drug-likeness (QED) is 0.858. The molecule has 24 heavy (non-hydrogen) atoms. The van der Waals surface area contributed by atoms with Crippen LogP contribution in [0.3, 0.4) is 0 Å². The van der Waals surface area contributed by atoms with Gasteiger partial charge in [-0.2, -0.15) is 0 Å². The molecule has 1 heterocycles. The van der Waals surface area contributed by atoms with Crippen LogP contribution < -0.4 is 10.6 Å². The Morgan fingerprint density at radius 1 is 1.08 bits per heavy atom. The van der Waals surface area contributed by atoms with Gasteiger partial charge in [-0.25, -0.2) is 4.98 Å². The first kappa shape index (κ1) is 17.7. The number of carbonyl (C=O) groups is 2. The molecule has 5 nitrogen and oxygen atoms in total. The summed E-state index contributed by atoms with van der Waals surface area (Å²) in [5.41, 5.74) is 2.65. The van der Waals surface area contributed by atoms with Crippen molar-refractivity contribution >= 4 is 11.8 Å². The lowest BCUT2D eigenvalue weighted by molar-refractivity contribution is 0.0933. The highest BCUT2D eigenvalue weighted by Crippen LogP contribution is 2.05. The molecule has 0 aliphatic heterocycles. The molecular formula is C19H23N3O2. The van der Waals surface area contributed by atoms with Gasteiger partial charge in [0, 0.05) is 12.6 Å². The standard InChI is InChI=1S/C19H23N3O2/c1-4-14(3)21-19(24)17-10-6-9-16(22-17)18(23)20-12-15-8-5-7-13(2)11-15/h5-11,14H,4,12H2,1-3H3,(H,20,23)(H,21,24). The fraction of sp³-hybridized carbons (Fsp3) is 0.316. The van der Waals surface area contributed by atoms with Crippen molar-refractivity contribution in [1.82, 2.24) is 15.6 Å². The molecule has 0 spiro atoms. The zero-order chi connectivity index (χ0) is 17.5. The molecule has 0 saturated heterocycles. The lowest BCUT2D eigenvalue weighted by Gasteiger charge is -2.11. The van der Waals surface area contributed by atoms with E-state index in [1.807, 2.05) is 45.0 Å². The van der Waals surface area contributed by atoms with Crippen LogP contribution >= 0.6 is 0 Å². The smallest absolute Gasteiger partial charge is 0.270 e. The number of pyridine rings is 1. The highest BCUT2D eigenvalue weighted by molar-refractivity contribution is 5.96. The lowest BCUT2D eigenvalue weighted by atomic mass is 10.1. The summed E-state index contributed by atoms with van der Waals surface area (Å²) in [5, 5.41) is 5.67. The number of aryl methyl sites for hydroxylation is 1. The van der Waals surface area contributed by atoms with Gasteiger partial charge < -0.3 is 10.6 Å². The number of carbonyl (C=O) groups excluding carboxylic acids is 2. The van der Waals surface area contributed by atoms with Crippen LogP contribution in [0.5, 0.6) is 0 Å². The van der Waals surface area contributed by atoms with Gasteiger partial charge in [-0.1, -0.05) is 42.8 Å². The second-order valence-electron chi connectivity index (χ2n) is 5.86. The topological polar surface area (TPSA) is 71.1 Å². The molecule has 2 rings (SSSR count). The predicted molar refractivity (Wildman–Crippen MR) is 93.8 cm³/mol. The second-order valence-corrected chi connectivity index (χ2v) is 5.86. The second kappa shape index (κ2) is 8.24. The molecule has 1 atom stereocenters. The van der Waals surface area contributed by atoms with Crippen molar-refractivity contribution in [2.24, 2.45) is 0 Å². The van der Waals surface area contributed by atoms with Gasteiger partial charge in [-0.05, 0) is 38.0 Å². The molecule has 2 amide bonds. The van der Waals surface area contributed by atoms with E-state index in [2.05, 4.69) is 15.6 Å². The minimum Gasteiger partial charge on any atom is -0.348 e. The Labute approximate surface area is 142 Å². The van der Waals surface area contributed by atoms with Crippen LogP contribution in [0, 0.1) is 6.92 Å². The van der Waals surface area contributed by atoms with Gasteiger partial charge >= 0.3 is 0 Å². The Kier molecular flexibility index (Phi) is 6.07. The SMILES string of the molecule is CCC(C)NC(=O)c1cccc(C(=O)NCc2cccc(C)c2)n1. The molecule has 0 aliphatic carbocycles. The third-order valence-corrected chi connectivity index (χ3v) is 3.74. The van der Waals surface area contributed by atoms with Gasteiger partial charge in [0.15, 0.2) is 0 Å². The van der Waals surface area contributed by atoms with E-state index < -0.39 is 0 Å². The molecular weight excluding hydrogens is 302 g/mol. The Balaban J connectivity index is 2.02. The van der Waals surface area contributed by atoms with Crippen LogP contribution in [-0.2, 0) is 6.54 Å². The molecule has 1 unspecified atom stereocenters. The van der Waals surface area contributed by atoms with E-state index in [1.54, 1.807) is 18.2 Å². The fourth-order valence-corrected chi connectivity index (χ4v) is 2.18. The van der Waals surface area contributed by atoms with E-state index in [1.165, 1.54) is 0 Å². The van der Waals surface area contributed by atoms with Gasteiger partial charge in [0.25, 0.3) is 11.8 Å². The van der Waals surface area contributed by atoms with E-state index in [4.69, 9.17) is 0 Å². The summed E-state index contributed by atoms with van der Waals surface area (Å²) in [6.07, 6.45) is 0.836. The molecule has 2 aromatic rings. The van der Waals surface area contributed by atoms with Crippen molar-refractivity contribution in [2.75, 3.05) is 0 Å². The number of hydrogen-bond acceptors (Lipinski definition) is 3. The summed E-state index contributed by atoms with van der Waals surface area (Å²) in [7, 11) is 0. The molecule has 1 aromatic carbocycles. The fourth-order valence-electron chi connectivity index (χ4n) is 2.18. The number of rotatable bonds is 6. The van der Waals surface area contributed by atoms with Gasteiger partial charge in [-0.15, -0.1) is 0 Å². The van der Waals surface area contributed by atoms with E-state index in [-0.39, 0.29) is 29.2 Å². The highest BCUT2D eigenvalue weighted by atomic mass is 16.2. The van der Waals surface area contributed by atoms with Crippen molar-refractivity contribution in [3.05, 3.63) is 65.0 Å². The predicted octanol–water partition coefficient (Wildman–Crippen LogP) is 2.85. The summed E-state index contributed by atoms with van der Waals surface area (Å²) in [6, 6.07) is 12.9. The third kappa shape index (κ3) is 4.91. The molecule has 5 heteroatoms. The van der Waals surface area contributed by atoms with Crippen molar-refractivity contribution in [3.8, 4) is 0 Å². The maximum Gasteiger partial charge on any atom is 0.270 e. The number of aromatic nitrogens is 1. The first-order valence-corrected chi connectivity index (χ1v) is 8.11. The van der Waals surface area contributed by atoms with Crippen molar-refractivity contribution in [3.63, 3.8) is 0 Å². The zero-order valence-corrected chi connectivity index (χ0v) is 14.3. The first-order chi connectivity index (χ1) is 11.5. The van der Waals surface area contributed by atoms with Crippen molar-refractivity contribution in [2.45, 2.75) is 39.8 Å². The van der Waals surface area contributed by atoms with Gasteiger partial charge in [-0.3, -0.25) is 9.59 Å². The van der Waals surface area contributed by atoms with E-state index in [0.717, 1.165) is 17.5 Å². The Hall–Kier alpha value is -2.69.